The standard InChI is InChI=1S/C15H16N4OS3/c1-8-4-11-14(16-7-17-15(11)23-8)22-6-13(20)18-9(2)12-5-21-10(3)19-12/h4-5,7,9H,6H2,1-3H3,(H,18,20). The van der Waals surface area contributed by atoms with Crippen molar-refractivity contribution >= 4 is 50.6 Å². The second kappa shape index (κ2) is 6.94. The van der Waals surface area contributed by atoms with Crippen molar-refractivity contribution in [3.05, 3.63) is 33.4 Å². The third-order valence-electron chi connectivity index (χ3n) is 3.21. The molecular formula is C15H16N4OS3. The Labute approximate surface area is 146 Å². The number of aromatic nitrogens is 3. The number of carbonyl (C=O) groups excluding carboxylic acids is 1. The van der Waals surface area contributed by atoms with Crippen molar-refractivity contribution in [3.63, 3.8) is 0 Å². The molecule has 3 rings (SSSR count). The Hall–Kier alpha value is -1.51. The molecule has 0 aliphatic heterocycles. The van der Waals surface area contributed by atoms with E-state index in [9.17, 15) is 4.79 Å². The van der Waals surface area contributed by atoms with Gasteiger partial charge in [-0.1, -0.05) is 11.8 Å². The number of thiophene rings is 1. The molecule has 0 aromatic carbocycles. The van der Waals surface area contributed by atoms with Crippen molar-refractivity contribution in [2.75, 3.05) is 5.75 Å². The quantitative estimate of drug-likeness (QED) is 0.552. The van der Waals surface area contributed by atoms with Gasteiger partial charge in [-0.05, 0) is 26.8 Å². The number of hydrogen-bond acceptors (Lipinski definition) is 7. The van der Waals surface area contributed by atoms with Crippen LogP contribution < -0.4 is 5.32 Å². The molecule has 0 saturated carbocycles. The molecule has 1 amide bonds. The number of rotatable bonds is 5. The highest BCUT2D eigenvalue weighted by molar-refractivity contribution is 8.00. The molecule has 0 radical (unpaired) electrons. The maximum absolute atomic E-state index is 12.2. The summed E-state index contributed by atoms with van der Waals surface area (Å²) in [5, 5.41) is 7.84. The van der Waals surface area contributed by atoms with Gasteiger partial charge in [0, 0.05) is 15.6 Å². The first-order valence-corrected chi connectivity index (χ1v) is 9.76. The van der Waals surface area contributed by atoms with E-state index in [2.05, 4.69) is 26.3 Å². The second-order valence-corrected chi connectivity index (χ2v) is 8.39. The fourth-order valence-corrected chi connectivity index (χ4v) is 4.54. The summed E-state index contributed by atoms with van der Waals surface area (Å²) < 4.78 is 0. The van der Waals surface area contributed by atoms with Gasteiger partial charge in [-0.2, -0.15) is 0 Å². The molecule has 5 nitrogen and oxygen atoms in total. The lowest BCUT2D eigenvalue weighted by molar-refractivity contribution is -0.119. The zero-order chi connectivity index (χ0) is 16.4. The van der Waals surface area contributed by atoms with Crippen LogP contribution in [-0.4, -0.2) is 26.6 Å². The number of thiazole rings is 1. The maximum Gasteiger partial charge on any atom is 0.230 e. The zero-order valence-electron chi connectivity index (χ0n) is 13.0. The molecule has 0 spiro atoms. The lowest BCUT2D eigenvalue weighted by Crippen LogP contribution is -2.28. The lowest BCUT2D eigenvalue weighted by atomic mass is 10.2. The lowest BCUT2D eigenvalue weighted by Gasteiger charge is -2.11. The highest BCUT2D eigenvalue weighted by Crippen LogP contribution is 2.30. The molecule has 120 valence electrons. The Bertz CT molecular complexity index is 842. The Morgan fingerprint density at radius 2 is 2.22 bits per heavy atom. The first-order valence-electron chi connectivity index (χ1n) is 7.08. The van der Waals surface area contributed by atoms with Gasteiger partial charge in [-0.25, -0.2) is 15.0 Å². The van der Waals surface area contributed by atoms with Gasteiger partial charge in [0.15, 0.2) is 0 Å². The molecule has 8 heteroatoms. The van der Waals surface area contributed by atoms with E-state index < -0.39 is 0 Å². The van der Waals surface area contributed by atoms with Crippen LogP contribution in [0.2, 0.25) is 0 Å². The normalized spacial score (nSPS) is 12.5. The van der Waals surface area contributed by atoms with Gasteiger partial charge in [0.1, 0.15) is 16.2 Å². The summed E-state index contributed by atoms with van der Waals surface area (Å²) >= 11 is 4.67. The van der Waals surface area contributed by atoms with E-state index in [1.165, 1.54) is 16.6 Å². The van der Waals surface area contributed by atoms with Crippen LogP contribution in [0.3, 0.4) is 0 Å². The predicted octanol–water partition coefficient (Wildman–Crippen LogP) is 3.73. The summed E-state index contributed by atoms with van der Waals surface area (Å²) in [6.07, 6.45) is 1.55. The van der Waals surface area contributed by atoms with Gasteiger partial charge in [0.05, 0.1) is 22.5 Å². The van der Waals surface area contributed by atoms with Crippen LogP contribution in [0, 0.1) is 13.8 Å². The van der Waals surface area contributed by atoms with Gasteiger partial charge in [0.2, 0.25) is 5.91 Å². The topological polar surface area (TPSA) is 67.8 Å². The Morgan fingerprint density at radius 1 is 1.39 bits per heavy atom. The average molecular weight is 365 g/mol. The van der Waals surface area contributed by atoms with Crippen LogP contribution in [0.4, 0.5) is 0 Å². The van der Waals surface area contributed by atoms with Crippen LogP contribution in [0.5, 0.6) is 0 Å². The molecule has 1 unspecified atom stereocenters. The first kappa shape index (κ1) is 16.4. The van der Waals surface area contributed by atoms with Crippen molar-refractivity contribution in [2.24, 2.45) is 0 Å². The van der Waals surface area contributed by atoms with E-state index in [4.69, 9.17) is 0 Å². The maximum atomic E-state index is 12.2. The zero-order valence-corrected chi connectivity index (χ0v) is 15.4. The number of fused-ring (bicyclic) bond motifs is 1. The van der Waals surface area contributed by atoms with E-state index >= 15 is 0 Å². The average Bonchev–Trinajstić information content (AvgIpc) is 3.10. The van der Waals surface area contributed by atoms with E-state index in [0.29, 0.717) is 5.75 Å². The molecule has 3 heterocycles. The number of hydrogen-bond donors (Lipinski definition) is 1. The van der Waals surface area contributed by atoms with Gasteiger partial charge < -0.3 is 5.32 Å². The first-order chi connectivity index (χ1) is 11.0. The Kier molecular flexibility index (Phi) is 4.93. The SMILES string of the molecule is Cc1cc2c(SCC(=O)NC(C)c3csc(C)n3)ncnc2s1. The van der Waals surface area contributed by atoms with Crippen molar-refractivity contribution in [3.8, 4) is 0 Å². The predicted molar refractivity (Wildman–Crippen MR) is 96.3 cm³/mol. The minimum Gasteiger partial charge on any atom is -0.347 e. The number of nitrogens with one attached hydrogen (secondary N) is 1. The monoisotopic (exact) mass is 364 g/mol. The molecule has 1 N–H and O–H groups in total. The summed E-state index contributed by atoms with van der Waals surface area (Å²) in [4.78, 5) is 27.3. The number of amides is 1. The van der Waals surface area contributed by atoms with E-state index in [1.54, 1.807) is 29.0 Å². The smallest absolute Gasteiger partial charge is 0.230 e. The van der Waals surface area contributed by atoms with Crippen molar-refractivity contribution < 1.29 is 4.79 Å². The van der Waals surface area contributed by atoms with Crippen LogP contribution in [0.15, 0.2) is 22.8 Å². The highest BCUT2D eigenvalue weighted by Gasteiger charge is 2.14. The van der Waals surface area contributed by atoms with Gasteiger partial charge in [-0.15, -0.1) is 22.7 Å². The van der Waals surface area contributed by atoms with E-state index in [1.807, 2.05) is 26.2 Å². The third-order valence-corrected chi connectivity index (χ3v) is 5.97. The molecule has 23 heavy (non-hydrogen) atoms. The Balaban J connectivity index is 1.62. The number of thioether (sulfide) groups is 1. The summed E-state index contributed by atoms with van der Waals surface area (Å²) in [5.74, 6) is 0.306. The van der Waals surface area contributed by atoms with Crippen molar-refractivity contribution in [2.45, 2.75) is 31.8 Å². The minimum atomic E-state index is -0.0816. The second-order valence-electron chi connectivity index (χ2n) is 5.12. The van der Waals surface area contributed by atoms with E-state index in [-0.39, 0.29) is 11.9 Å². The summed E-state index contributed by atoms with van der Waals surface area (Å²) in [7, 11) is 0. The van der Waals surface area contributed by atoms with Crippen LogP contribution >= 0.6 is 34.4 Å². The molecule has 3 aromatic rings. The molecule has 0 fully saturated rings. The summed E-state index contributed by atoms with van der Waals surface area (Å²) in [6, 6.07) is 1.99. The highest BCUT2D eigenvalue weighted by atomic mass is 32.2. The molecule has 0 aliphatic rings. The van der Waals surface area contributed by atoms with Gasteiger partial charge in [-0.3, -0.25) is 4.79 Å². The number of aryl methyl sites for hydroxylation is 2. The number of carbonyl (C=O) groups is 1. The molecular weight excluding hydrogens is 348 g/mol. The molecule has 3 aromatic heterocycles. The van der Waals surface area contributed by atoms with Crippen molar-refractivity contribution in [1.29, 1.82) is 0 Å². The third kappa shape index (κ3) is 3.88. The van der Waals surface area contributed by atoms with Crippen molar-refractivity contribution in [1.82, 2.24) is 20.3 Å². The molecule has 0 saturated heterocycles. The largest absolute Gasteiger partial charge is 0.347 e. The fourth-order valence-electron chi connectivity index (χ4n) is 2.14. The minimum absolute atomic E-state index is 0.0214. The Morgan fingerprint density at radius 3 is 2.96 bits per heavy atom. The summed E-state index contributed by atoms with van der Waals surface area (Å²) in [6.45, 7) is 5.95. The van der Waals surface area contributed by atoms with Crippen LogP contribution in [0.25, 0.3) is 10.2 Å². The van der Waals surface area contributed by atoms with Crippen LogP contribution in [-0.2, 0) is 4.79 Å². The van der Waals surface area contributed by atoms with Gasteiger partial charge >= 0.3 is 0 Å². The van der Waals surface area contributed by atoms with Gasteiger partial charge in [0.25, 0.3) is 0 Å². The molecule has 0 aliphatic carbocycles. The summed E-state index contributed by atoms with van der Waals surface area (Å²) in [5.41, 5.74) is 0.906. The van der Waals surface area contributed by atoms with Crippen LogP contribution in [0.1, 0.15) is 28.5 Å². The molecule has 1 atom stereocenters. The molecule has 0 bridgehead atoms. The number of nitrogens with zero attached hydrogens (tertiary/aromatic N) is 3. The van der Waals surface area contributed by atoms with E-state index in [0.717, 1.165) is 25.9 Å². The fraction of sp³-hybridized carbons (Fsp3) is 0.333.